The van der Waals surface area contributed by atoms with E-state index >= 15 is 0 Å². The van der Waals surface area contributed by atoms with Crippen LogP contribution in [0.4, 0.5) is 5.69 Å². The molecule has 0 unspecified atom stereocenters. The Labute approximate surface area is 142 Å². The van der Waals surface area contributed by atoms with Gasteiger partial charge in [0.15, 0.2) is 5.78 Å². The summed E-state index contributed by atoms with van der Waals surface area (Å²) >= 11 is 0. The van der Waals surface area contributed by atoms with Crippen molar-refractivity contribution < 1.29 is 17.9 Å². The molecule has 0 bridgehead atoms. The van der Waals surface area contributed by atoms with E-state index in [9.17, 15) is 13.2 Å². The number of hydrogen-bond acceptors (Lipinski definition) is 4. The summed E-state index contributed by atoms with van der Waals surface area (Å²) in [6.07, 6.45) is 0. The fraction of sp³-hybridized carbons (Fsp3) is 0.278. The zero-order chi connectivity index (χ0) is 18.1. The molecule has 1 N–H and O–H groups in total. The van der Waals surface area contributed by atoms with Crippen molar-refractivity contribution in [3.8, 4) is 5.75 Å². The highest BCUT2D eigenvalue weighted by Gasteiger charge is 2.19. The van der Waals surface area contributed by atoms with Gasteiger partial charge in [-0.1, -0.05) is 12.1 Å². The van der Waals surface area contributed by atoms with Crippen molar-refractivity contribution in [2.24, 2.45) is 0 Å². The van der Waals surface area contributed by atoms with Gasteiger partial charge in [0, 0.05) is 5.56 Å². The van der Waals surface area contributed by atoms with Gasteiger partial charge < -0.3 is 4.74 Å². The zero-order valence-corrected chi connectivity index (χ0v) is 15.2. The largest absolute Gasteiger partial charge is 0.496 e. The van der Waals surface area contributed by atoms with Crippen LogP contribution in [0, 0.1) is 20.8 Å². The Balaban J connectivity index is 2.47. The van der Waals surface area contributed by atoms with Crippen molar-refractivity contribution in [3.63, 3.8) is 0 Å². The highest BCUT2D eigenvalue weighted by Crippen LogP contribution is 2.32. The average molecular weight is 347 g/mol. The van der Waals surface area contributed by atoms with Crippen LogP contribution in [0.5, 0.6) is 5.75 Å². The molecule has 2 rings (SSSR count). The monoisotopic (exact) mass is 347 g/mol. The molecule has 0 amide bonds. The number of carbonyl (C=O) groups is 1. The van der Waals surface area contributed by atoms with Crippen LogP contribution >= 0.6 is 0 Å². The van der Waals surface area contributed by atoms with Gasteiger partial charge in [-0.3, -0.25) is 9.52 Å². The summed E-state index contributed by atoms with van der Waals surface area (Å²) in [7, 11) is -2.20. The van der Waals surface area contributed by atoms with Gasteiger partial charge in [-0.25, -0.2) is 8.42 Å². The lowest BCUT2D eigenvalue weighted by atomic mass is 10.0. The molecule has 2 aromatic carbocycles. The second-order valence-electron chi connectivity index (χ2n) is 5.71. The predicted octanol–water partition coefficient (Wildman–Crippen LogP) is 3.62. The molecule has 5 nitrogen and oxygen atoms in total. The number of nitrogens with one attached hydrogen (secondary N) is 1. The van der Waals surface area contributed by atoms with Crippen LogP contribution in [0.3, 0.4) is 0 Å². The standard InChI is InChI=1S/C18H21NO4S/c1-11-9-17(12(2)13(3)18(11)23-5)19-24(21,22)16-8-6-7-15(10-16)14(4)20/h6-10,19H,1-5H3. The van der Waals surface area contributed by atoms with Crippen LogP contribution in [0.25, 0.3) is 0 Å². The third-order valence-corrected chi connectivity index (χ3v) is 5.39. The maximum Gasteiger partial charge on any atom is 0.261 e. The Bertz CT molecular complexity index is 901. The van der Waals surface area contributed by atoms with Crippen LogP contribution in [0.1, 0.15) is 34.0 Å². The van der Waals surface area contributed by atoms with E-state index in [0.29, 0.717) is 11.3 Å². The number of ether oxygens (including phenoxy) is 1. The first-order valence-electron chi connectivity index (χ1n) is 7.46. The smallest absolute Gasteiger partial charge is 0.261 e. The molecule has 0 fully saturated rings. The first kappa shape index (κ1) is 18.0. The molecular formula is C18H21NO4S. The fourth-order valence-corrected chi connectivity index (χ4v) is 3.72. The van der Waals surface area contributed by atoms with Gasteiger partial charge in [-0.15, -0.1) is 0 Å². The van der Waals surface area contributed by atoms with Crippen molar-refractivity contribution in [2.75, 3.05) is 11.8 Å². The second kappa shape index (κ2) is 6.65. The van der Waals surface area contributed by atoms with Crippen LogP contribution in [0.2, 0.25) is 0 Å². The number of sulfonamides is 1. The Kier molecular flexibility index (Phi) is 4.99. The van der Waals surface area contributed by atoms with Gasteiger partial charge in [0.05, 0.1) is 17.7 Å². The first-order chi connectivity index (χ1) is 11.2. The van der Waals surface area contributed by atoms with Gasteiger partial charge in [-0.2, -0.15) is 0 Å². The molecule has 0 saturated carbocycles. The number of benzene rings is 2. The van der Waals surface area contributed by atoms with Gasteiger partial charge in [0.25, 0.3) is 10.0 Å². The number of Topliss-reactive ketones (excluding diaryl/α,β-unsaturated/α-hetero) is 1. The van der Waals surface area contributed by atoms with Crippen LogP contribution < -0.4 is 9.46 Å². The summed E-state index contributed by atoms with van der Waals surface area (Å²) in [5, 5.41) is 0. The van der Waals surface area contributed by atoms with Crippen molar-refractivity contribution in [1.29, 1.82) is 0 Å². The van der Waals surface area contributed by atoms with Crippen LogP contribution in [-0.4, -0.2) is 21.3 Å². The maximum absolute atomic E-state index is 12.7. The SMILES string of the molecule is COc1c(C)cc(NS(=O)(=O)c2cccc(C(C)=O)c2)c(C)c1C. The van der Waals surface area contributed by atoms with Gasteiger partial charge in [0.2, 0.25) is 0 Å². The molecule has 0 saturated heterocycles. The van der Waals surface area contributed by atoms with E-state index in [-0.39, 0.29) is 10.7 Å². The third kappa shape index (κ3) is 3.43. The minimum absolute atomic E-state index is 0.0562. The van der Waals surface area contributed by atoms with Gasteiger partial charge in [0.1, 0.15) is 5.75 Å². The average Bonchev–Trinajstić information content (AvgIpc) is 2.52. The molecule has 0 spiro atoms. The van der Waals surface area contributed by atoms with Crippen LogP contribution in [-0.2, 0) is 10.0 Å². The Morgan fingerprint density at radius 2 is 1.75 bits per heavy atom. The topological polar surface area (TPSA) is 72.5 Å². The quantitative estimate of drug-likeness (QED) is 0.839. The lowest BCUT2D eigenvalue weighted by Crippen LogP contribution is -2.15. The van der Waals surface area contributed by atoms with Gasteiger partial charge in [-0.05, 0) is 62.6 Å². The molecule has 128 valence electrons. The highest BCUT2D eigenvalue weighted by molar-refractivity contribution is 7.92. The Morgan fingerprint density at radius 3 is 2.33 bits per heavy atom. The second-order valence-corrected chi connectivity index (χ2v) is 7.40. The molecule has 0 aliphatic heterocycles. The molecule has 0 aromatic heterocycles. The first-order valence-corrected chi connectivity index (χ1v) is 8.94. The predicted molar refractivity (Wildman–Crippen MR) is 94.5 cm³/mol. The fourth-order valence-electron chi connectivity index (χ4n) is 2.56. The zero-order valence-electron chi connectivity index (χ0n) is 14.4. The Morgan fingerprint density at radius 1 is 1.08 bits per heavy atom. The van der Waals surface area contributed by atoms with E-state index < -0.39 is 10.0 Å². The van der Waals surface area contributed by atoms with E-state index in [0.717, 1.165) is 22.4 Å². The minimum Gasteiger partial charge on any atom is -0.496 e. The molecule has 0 heterocycles. The van der Waals surface area contributed by atoms with E-state index in [1.165, 1.54) is 19.1 Å². The molecule has 0 aliphatic rings. The van der Waals surface area contributed by atoms with E-state index in [2.05, 4.69) is 4.72 Å². The molecule has 0 aliphatic carbocycles. The van der Waals surface area contributed by atoms with Crippen LogP contribution in [0.15, 0.2) is 35.2 Å². The summed E-state index contributed by atoms with van der Waals surface area (Å²) < 4.78 is 33.3. The van der Waals surface area contributed by atoms with Crippen molar-refractivity contribution in [2.45, 2.75) is 32.6 Å². The lowest BCUT2D eigenvalue weighted by molar-refractivity contribution is 0.101. The number of aryl methyl sites for hydroxylation is 1. The van der Waals surface area contributed by atoms with E-state index in [1.54, 1.807) is 25.3 Å². The minimum atomic E-state index is -3.79. The third-order valence-electron chi connectivity index (χ3n) is 4.03. The van der Waals surface area contributed by atoms with E-state index in [4.69, 9.17) is 4.74 Å². The summed E-state index contributed by atoms with van der Waals surface area (Å²) in [6, 6.07) is 7.74. The molecule has 2 aromatic rings. The number of anilines is 1. The van der Waals surface area contributed by atoms with Crippen molar-refractivity contribution in [1.82, 2.24) is 0 Å². The summed E-state index contributed by atoms with van der Waals surface area (Å²) in [5.41, 5.74) is 3.38. The lowest BCUT2D eigenvalue weighted by Gasteiger charge is -2.17. The summed E-state index contributed by atoms with van der Waals surface area (Å²) in [5.74, 6) is 0.563. The number of ketones is 1. The number of methoxy groups -OCH3 is 1. The van der Waals surface area contributed by atoms with Gasteiger partial charge >= 0.3 is 0 Å². The molecule has 0 atom stereocenters. The summed E-state index contributed by atoms with van der Waals surface area (Å²) in [6.45, 7) is 6.98. The molecular weight excluding hydrogens is 326 g/mol. The number of hydrogen-bond donors (Lipinski definition) is 1. The van der Waals surface area contributed by atoms with E-state index in [1.807, 2.05) is 20.8 Å². The maximum atomic E-state index is 12.7. The number of carbonyl (C=O) groups excluding carboxylic acids is 1. The number of rotatable bonds is 5. The molecule has 6 heteroatoms. The summed E-state index contributed by atoms with van der Waals surface area (Å²) in [4.78, 5) is 11.5. The Hall–Kier alpha value is -2.34. The van der Waals surface area contributed by atoms with Crippen molar-refractivity contribution in [3.05, 3.63) is 52.6 Å². The highest BCUT2D eigenvalue weighted by atomic mass is 32.2. The molecule has 24 heavy (non-hydrogen) atoms. The molecule has 0 radical (unpaired) electrons. The normalized spacial score (nSPS) is 11.2. The van der Waals surface area contributed by atoms with Crippen molar-refractivity contribution >= 4 is 21.5 Å².